The van der Waals surface area contributed by atoms with E-state index in [9.17, 15) is 14.0 Å². The van der Waals surface area contributed by atoms with Gasteiger partial charge in [-0.2, -0.15) is 5.10 Å². The monoisotopic (exact) mass is 537 g/mol. The molecule has 0 bridgehead atoms. The number of halogens is 4. The van der Waals surface area contributed by atoms with E-state index in [4.69, 9.17) is 44.3 Å². The average molecular weight is 539 g/mol. The lowest BCUT2D eigenvalue weighted by Crippen LogP contribution is -2.32. The standard InChI is InChI=1S/C24H19Cl3FN3O4/c1-2-34-22-8-14(6-7-21(22)35-13-18-19(27)4-3-5-20(18)28)12-29-31-24(33)23(32)30-17-10-15(25)9-16(26)11-17/h3-12H,2,13H2,1H3,(H,30,32)(H,31,33)/b29-12+. The maximum absolute atomic E-state index is 14.0. The third kappa shape index (κ3) is 7.58. The summed E-state index contributed by atoms with van der Waals surface area (Å²) in [5.41, 5.74) is 3.17. The highest BCUT2D eigenvalue weighted by Gasteiger charge is 2.14. The fraction of sp³-hybridized carbons (Fsp3) is 0.125. The Morgan fingerprint density at radius 3 is 2.40 bits per heavy atom. The third-order valence-corrected chi connectivity index (χ3v) is 5.20. The van der Waals surface area contributed by atoms with Crippen molar-refractivity contribution >= 4 is 58.5 Å². The third-order valence-electron chi connectivity index (χ3n) is 4.41. The molecule has 0 aliphatic rings. The molecule has 0 saturated heterocycles. The molecule has 0 atom stereocenters. The van der Waals surface area contributed by atoms with Crippen LogP contribution in [0.4, 0.5) is 10.1 Å². The van der Waals surface area contributed by atoms with Crippen molar-refractivity contribution < 1.29 is 23.5 Å². The van der Waals surface area contributed by atoms with Crippen molar-refractivity contribution in [3.05, 3.63) is 86.6 Å². The van der Waals surface area contributed by atoms with Crippen molar-refractivity contribution in [3.8, 4) is 11.5 Å². The lowest BCUT2D eigenvalue weighted by atomic mass is 10.2. The van der Waals surface area contributed by atoms with Crippen LogP contribution in [-0.4, -0.2) is 24.6 Å². The number of hydrazone groups is 1. The number of nitrogens with zero attached hydrogens (tertiary/aromatic N) is 1. The van der Waals surface area contributed by atoms with Gasteiger partial charge in [-0.25, -0.2) is 9.82 Å². The molecule has 11 heteroatoms. The summed E-state index contributed by atoms with van der Waals surface area (Å²) < 4.78 is 25.3. The normalized spacial score (nSPS) is 10.8. The first-order chi connectivity index (χ1) is 16.8. The molecule has 3 aromatic carbocycles. The predicted molar refractivity (Wildman–Crippen MR) is 134 cm³/mol. The van der Waals surface area contributed by atoms with Crippen LogP contribution in [0.1, 0.15) is 18.1 Å². The van der Waals surface area contributed by atoms with Crippen molar-refractivity contribution in [1.82, 2.24) is 5.43 Å². The van der Waals surface area contributed by atoms with Gasteiger partial charge >= 0.3 is 11.8 Å². The molecular formula is C24H19Cl3FN3O4. The van der Waals surface area contributed by atoms with Crippen LogP contribution in [0, 0.1) is 5.82 Å². The number of ether oxygens (including phenoxy) is 2. The summed E-state index contributed by atoms with van der Waals surface area (Å²) in [6.45, 7) is 2.05. The Labute approximate surface area is 215 Å². The minimum absolute atomic E-state index is 0.0952. The molecular weight excluding hydrogens is 520 g/mol. The molecule has 0 saturated carbocycles. The Bertz CT molecular complexity index is 1230. The van der Waals surface area contributed by atoms with Crippen LogP contribution < -0.4 is 20.2 Å². The molecule has 0 unspecified atom stereocenters. The number of carbonyl (C=O) groups is 2. The van der Waals surface area contributed by atoms with Gasteiger partial charge in [-0.1, -0.05) is 40.9 Å². The molecule has 3 rings (SSSR count). The molecule has 0 aliphatic carbocycles. The van der Waals surface area contributed by atoms with Crippen LogP contribution >= 0.6 is 34.8 Å². The zero-order chi connectivity index (χ0) is 25.4. The van der Waals surface area contributed by atoms with E-state index >= 15 is 0 Å². The SMILES string of the molecule is CCOc1cc(/C=N/NC(=O)C(=O)Nc2cc(Cl)cc(Cl)c2)ccc1OCc1c(F)cccc1Cl. The van der Waals surface area contributed by atoms with Crippen LogP contribution in [0.15, 0.2) is 59.7 Å². The molecule has 2 amide bonds. The number of benzene rings is 3. The second-order valence-electron chi connectivity index (χ2n) is 6.94. The maximum Gasteiger partial charge on any atom is 0.329 e. The van der Waals surface area contributed by atoms with Gasteiger partial charge in [-0.3, -0.25) is 9.59 Å². The molecule has 35 heavy (non-hydrogen) atoms. The largest absolute Gasteiger partial charge is 0.490 e. The van der Waals surface area contributed by atoms with Gasteiger partial charge in [0.1, 0.15) is 12.4 Å². The number of rotatable bonds is 8. The van der Waals surface area contributed by atoms with Crippen LogP contribution in [-0.2, 0) is 16.2 Å². The van der Waals surface area contributed by atoms with Gasteiger partial charge in [0.25, 0.3) is 0 Å². The Morgan fingerprint density at radius 1 is 0.971 bits per heavy atom. The Hall–Kier alpha value is -3.33. The molecule has 0 heterocycles. The van der Waals surface area contributed by atoms with Gasteiger partial charge in [-0.15, -0.1) is 0 Å². The van der Waals surface area contributed by atoms with Crippen molar-refractivity contribution in [2.24, 2.45) is 5.10 Å². The van der Waals surface area contributed by atoms with E-state index in [0.717, 1.165) is 0 Å². The molecule has 0 aliphatic heterocycles. The van der Waals surface area contributed by atoms with E-state index in [2.05, 4.69) is 15.8 Å². The summed E-state index contributed by atoms with van der Waals surface area (Å²) in [4.78, 5) is 24.1. The van der Waals surface area contributed by atoms with Crippen LogP contribution in [0.5, 0.6) is 11.5 Å². The molecule has 0 aromatic heterocycles. The molecule has 0 spiro atoms. The summed E-state index contributed by atoms with van der Waals surface area (Å²) in [7, 11) is 0. The molecule has 182 valence electrons. The molecule has 3 aromatic rings. The number of hydrogen-bond acceptors (Lipinski definition) is 5. The topological polar surface area (TPSA) is 89.0 Å². The van der Waals surface area contributed by atoms with Gasteiger partial charge in [0.2, 0.25) is 0 Å². The summed E-state index contributed by atoms with van der Waals surface area (Å²) in [5, 5.41) is 7.03. The van der Waals surface area contributed by atoms with Crippen molar-refractivity contribution in [3.63, 3.8) is 0 Å². The number of anilines is 1. The molecule has 2 N–H and O–H groups in total. The van der Waals surface area contributed by atoms with E-state index in [1.807, 2.05) is 0 Å². The zero-order valence-electron chi connectivity index (χ0n) is 18.3. The summed E-state index contributed by atoms with van der Waals surface area (Å²) in [6, 6.07) is 13.6. The van der Waals surface area contributed by atoms with Gasteiger partial charge in [-0.05, 0) is 61.0 Å². The van der Waals surface area contributed by atoms with E-state index in [1.165, 1.54) is 36.5 Å². The Balaban J connectivity index is 1.63. The second kappa shape index (κ2) is 12.4. The van der Waals surface area contributed by atoms with Crippen LogP contribution in [0.3, 0.4) is 0 Å². The summed E-state index contributed by atoms with van der Waals surface area (Å²) >= 11 is 17.8. The van der Waals surface area contributed by atoms with Gasteiger partial charge in [0.05, 0.1) is 17.8 Å². The lowest BCUT2D eigenvalue weighted by molar-refractivity contribution is -0.136. The number of nitrogens with one attached hydrogen (secondary N) is 2. The van der Waals surface area contributed by atoms with Crippen molar-refractivity contribution in [1.29, 1.82) is 0 Å². The Morgan fingerprint density at radius 2 is 1.71 bits per heavy atom. The number of amides is 2. The molecule has 7 nitrogen and oxygen atoms in total. The minimum atomic E-state index is -0.996. The van der Waals surface area contributed by atoms with Gasteiger partial charge in [0, 0.05) is 21.3 Å². The maximum atomic E-state index is 14.0. The Kier molecular flexibility index (Phi) is 9.31. The smallest absolute Gasteiger partial charge is 0.329 e. The fourth-order valence-corrected chi connectivity index (χ4v) is 3.59. The second-order valence-corrected chi connectivity index (χ2v) is 8.22. The predicted octanol–water partition coefficient (Wildman–Crippen LogP) is 5.85. The quantitative estimate of drug-likeness (QED) is 0.214. The first-order valence-electron chi connectivity index (χ1n) is 10.2. The van der Waals surface area contributed by atoms with Gasteiger partial charge in [0.15, 0.2) is 11.5 Å². The van der Waals surface area contributed by atoms with E-state index in [-0.39, 0.29) is 22.9 Å². The van der Waals surface area contributed by atoms with E-state index in [1.54, 1.807) is 31.2 Å². The highest BCUT2D eigenvalue weighted by Crippen LogP contribution is 2.30. The number of carbonyl (C=O) groups excluding carboxylic acids is 2. The first kappa shape index (κ1) is 26.3. The minimum Gasteiger partial charge on any atom is -0.490 e. The zero-order valence-corrected chi connectivity index (χ0v) is 20.5. The average Bonchev–Trinajstić information content (AvgIpc) is 2.79. The van der Waals surface area contributed by atoms with Crippen LogP contribution in [0.25, 0.3) is 0 Å². The van der Waals surface area contributed by atoms with Gasteiger partial charge < -0.3 is 14.8 Å². The highest BCUT2D eigenvalue weighted by molar-refractivity contribution is 6.40. The lowest BCUT2D eigenvalue weighted by Gasteiger charge is -2.13. The summed E-state index contributed by atoms with van der Waals surface area (Å²) in [5.74, 6) is -1.68. The fourth-order valence-electron chi connectivity index (χ4n) is 2.84. The molecule has 0 fully saturated rings. The van der Waals surface area contributed by atoms with E-state index < -0.39 is 17.6 Å². The van der Waals surface area contributed by atoms with E-state index in [0.29, 0.717) is 33.7 Å². The summed E-state index contributed by atoms with van der Waals surface area (Å²) in [6.07, 6.45) is 1.32. The van der Waals surface area contributed by atoms with Crippen LogP contribution in [0.2, 0.25) is 15.1 Å². The number of hydrogen-bond donors (Lipinski definition) is 2. The highest BCUT2D eigenvalue weighted by atomic mass is 35.5. The van der Waals surface area contributed by atoms with Crippen molar-refractivity contribution in [2.45, 2.75) is 13.5 Å². The van der Waals surface area contributed by atoms with Crippen molar-refractivity contribution in [2.75, 3.05) is 11.9 Å². The molecule has 0 radical (unpaired) electrons. The first-order valence-corrected chi connectivity index (χ1v) is 11.3.